The van der Waals surface area contributed by atoms with Crippen LogP contribution in [0.3, 0.4) is 0 Å². The first-order chi connectivity index (χ1) is 9.22. The number of hydrogen-bond acceptors (Lipinski definition) is 1. The fourth-order valence-corrected chi connectivity index (χ4v) is 1.84. The minimum absolute atomic E-state index is 0.482. The van der Waals surface area contributed by atoms with E-state index >= 15 is 0 Å². The Morgan fingerprint density at radius 2 is 2.11 bits per heavy atom. The molecular weight excluding hydrogens is 230 g/mol. The molecule has 0 aromatic rings. The molecule has 1 N–H and O–H groups in total. The molecule has 1 aliphatic carbocycles. The Labute approximate surface area is 116 Å². The van der Waals surface area contributed by atoms with Crippen molar-refractivity contribution in [2.75, 3.05) is 0 Å². The molecule has 0 aromatic heterocycles. The maximum Gasteiger partial charge on any atom is 0.0615 e. The first-order valence-corrected chi connectivity index (χ1v) is 6.48. The van der Waals surface area contributed by atoms with Gasteiger partial charge in [0.25, 0.3) is 0 Å². The monoisotopic (exact) mass is 251 g/mol. The molecule has 0 unspecified atom stereocenters. The minimum atomic E-state index is 0.482. The van der Waals surface area contributed by atoms with Crippen molar-refractivity contribution in [3.63, 3.8) is 0 Å². The van der Waals surface area contributed by atoms with Crippen LogP contribution in [0.15, 0.2) is 84.6 Å². The second kappa shape index (κ2) is 8.04. The van der Waals surface area contributed by atoms with E-state index in [1.807, 2.05) is 31.2 Å². The molecule has 0 saturated heterocycles. The maximum atomic E-state index is 8.15. The first kappa shape index (κ1) is 14.9. The van der Waals surface area contributed by atoms with Gasteiger partial charge in [-0.3, -0.25) is 0 Å². The summed E-state index contributed by atoms with van der Waals surface area (Å²) in [6, 6.07) is 0. The van der Waals surface area contributed by atoms with Crippen LogP contribution in [0, 0.1) is 5.41 Å². The Balaban J connectivity index is 2.97. The Kier molecular flexibility index (Phi) is 6.31. The Morgan fingerprint density at radius 3 is 2.63 bits per heavy atom. The van der Waals surface area contributed by atoms with Gasteiger partial charge in [-0.2, -0.15) is 0 Å². The lowest BCUT2D eigenvalue weighted by atomic mass is 9.97. The molecule has 1 heteroatoms. The zero-order valence-electron chi connectivity index (χ0n) is 11.5. The van der Waals surface area contributed by atoms with Crippen molar-refractivity contribution < 1.29 is 0 Å². The molecule has 0 saturated carbocycles. The molecular formula is C18H21N. The zero-order chi connectivity index (χ0) is 14.1. The molecule has 1 rings (SSSR count). The summed E-state index contributed by atoms with van der Waals surface area (Å²) < 4.78 is 0. The summed E-state index contributed by atoms with van der Waals surface area (Å²) in [5.74, 6) is 0. The normalized spacial score (nSPS) is 16.4. The molecule has 0 radical (unpaired) electrons. The smallest absolute Gasteiger partial charge is 0.0615 e. The summed E-state index contributed by atoms with van der Waals surface area (Å²) in [7, 11) is 0. The predicted molar refractivity (Wildman–Crippen MR) is 85.6 cm³/mol. The molecule has 98 valence electrons. The highest BCUT2D eigenvalue weighted by Gasteiger charge is 2.04. The lowest BCUT2D eigenvalue weighted by Gasteiger charge is -2.09. The zero-order valence-corrected chi connectivity index (χ0v) is 11.5. The Bertz CT molecular complexity index is 508. The molecule has 0 spiro atoms. The van der Waals surface area contributed by atoms with Gasteiger partial charge in [-0.25, -0.2) is 0 Å². The van der Waals surface area contributed by atoms with E-state index in [0.717, 1.165) is 29.6 Å². The minimum Gasteiger partial charge on any atom is -0.300 e. The highest BCUT2D eigenvalue weighted by molar-refractivity contribution is 6.09. The fourth-order valence-electron chi connectivity index (χ4n) is 1.84. The van der Waals surface area contributed by atoms with Gasteiger partial charge < -0.3 is 5.41 Å². The fraction of sp³-hybridized carbons (Fsp3) is 0.167. The summed E-state index contributed by atoms with van der Waals surface area (Å²) in [6.45, 7) is 9.41. The van der Waals surface area contributed by atoms with E-state index < -0.39 is 0 Å². The third kappa shape index (κ3) is 4.55. The molecule has 0 heterocycles. The Hall–Kier alpha value is -2.15. The van der Waals surface area contributed by atoms with E-state index in [-0.39, 0.29) is 0 Å². The van der Waals surface area contributed by atoms with Crippen LogP contribution in [-0.2, 0) is 0 Å². The number of nitrogens with one attached hydrogen (secondary N) is 1. The lowest BCUT2D eigenvalue weighted by Crippen LogP contribution is -1.98. The number of rotatable bonds is 6. The molecule has 0 aliphatic heterocycles. The average Bonchev–Trinajstić information content (AvgIpc) is 2.46. The molecule has 1 aliphatic rings. The van der Waals surface area contributed by atoms with Crippen molar-refractivity contribution in [2.45, 2.75) is 19.8 Å². The highest BCUT2D eigenvalue weighted by Crippen LogP contribution is 2.19. The van der Waals surface area contributed by atoms with E-state index in [1.54, 1.807) is 12.2 Å². The largest absolute Gasteiger partial charge is 0.300 e. The van der Waals surface area contributed by atoms with Crippen molar-refractivity contribution in [2.24, 2.45) is 0 Å². The standard InChI is InChI=1S/C18H21N/c1-4-7-11-15(5-2)18(19)14-16(6-3)17-12-9-8-10-13-17/h4-7,9,11-14,19H,1,3,8,10H2,2H3/b11-7-,15-5+,16-14+,19-18?. The molecule has 1 nitrogen and oxygen atoms in total. The van der Waals surface area contributed by atoms with Crippen LogP contribution < -0.4 is 0 Å². The third-order valence-electron chi connectivity index (χ3n) is 2.88. The van der Waals surface area contributed by atoms with Gasteiger partial charge in [-0.05, 0) is 42.6 Å². The van der Waals surface area contributed by atoms with Crippen LogP contribution in [0.5, 0.6) is 0 Å². The van der Waals surface area contributed by atoms with Crippen LogP contribution in [0.1, 0.15) is 19.8 Å². The van der Waals surface area contributed by atoms with Crippen LogP contribution in [0.2, 0.25) is 0 Å². The van der Waals surface area contributed by atoms with Crippen molar-refractivity contribution in [3.8, 4) is 0 Å². The van der Waals surface area contributed by atoms with Gasteiger partial charge in [0.15, 0.2) is 0 Å². The van der Waals surface area contributed by atoms with E-state index in [4.69, 9.17) is 5.41 Å². The van der Waals surface area contributed by atoms with E-state index in [9.17, 15) is 0 Å². The van der Waals surface area contributed by atoms with Crippen LogP contribution in [0.4, 0.5) is 0 Å². The molecule has 0 bridgehead atoms. The highest BCUT2D eigenvalue weighted by atomic mass is 14.4. The summed E-state index contributed by atoms with van der Waals surface area (Å²) >= 11 is 0. The summed E-state index contributed by atoms with van der Waals surface area (Å²) in [6.07, 6.45) is 19.6. The molecule has 0 amide bonds. The van der Waals surface area contributed by atoms with Crippen molar-refractivity contribution >= 4 is 5.71 Å². The topological polar surface area (TPSA) is 23.9 Å². The second-order valence-corrected chi connectivity index (χ2v) is 4.20. The molecule has 0 fully saturated rings. The lowest BCUT2D eigenvalue weighted by molar-refractivity contribution is 1.02. The van der Waals surface area contributed by atoms with Crippen LogP contribution in [-0.4, -0.2) is 5.71 Å². The van der Waals surface area contributed by atoms with Gasteiger partial charge >= 0.3 is 0 Å². The molecule has 0 aromatic carbocycles. The quantitative estimate of drug-likeness (QED) is 0.502. The summed E-state index contributed by atoms with van der Waals surface area (Å²) in [5, 5.41) is 8.15. The summed E-state index contributed by atoms with van der Waals surface area (Å²) in [4.78, 5) is 0. The van der Waals surface area contributed by atoms with Gasteiger partial charge in [0.05, 0.1) is 5.71 Å². The molecule has 19 heavy (non-hydrogen) atoms. The van der Waals surface area contributed by atoms with Gasteiger partial charge in [0.2, 0.25) is 0 Å². The van der Waals surface area contributed by atoms with E-state index in [0.29, 0.717) is 5.71 Å². The predicted octanol–water partition coefficient (Wildman–Crippen LogP) is 5.08. The second-order valence-electron chi connectivity index (χ2n) is 4.20. The SMILES string of the molecule is C=C/C=C\C(=C/C)C(=N)/C=C(\C=C)C1=CCCC=C1. The number of hydrogen-bond donors (Lipinski definition) is 1. The van der Waals surface area contributed by atoms with E-state index in [2.05, 4.69) is 31.4 Å². The van der Waals surface area contributed by atoms with Crippen molar-refractivity contribution in [1.82, 2.24) is 0 Å². The van der Waals surface area contributed by atoms with Crippen molar-refractivity contribution in [1.29, 1.82) is 5.41 Å². The van der Waals surface area contributed by atoms with E-state index in [1.165, 1.54) is 0 Å². The number of allylic oxidation sites excluding steroid dienone is 12. The Morgan fingerprint density at radius 1 is 1.32 bits per heavy atom. The van der Waals surface area contributed by atoms with Gasteiger partial charge in [-0.1, -0.05) is 61.8 Å². The van der Waals surface area contributed by atoms with Gasteiger partial charge in [0, 0.05) is 0 Å². The summed E-state index contributed by atoms with van der Waals surface area (Å²) in [5.41, 5.74) is 3.50. The van der Waals surface area contributed by atoms with Gasteiger partial charge in [-0.15, -0.1) is 0 Å². The van der Waals surface area contributed by atoms with Crippen LogP contribution in [0.25, 0.3) is 0 Å². The maximum absolute atomic E-state index is 8.15. The van der Waals surface area contributed by atoms with Crippen molar-refractivity contribution in [3.05, 3.63) is 84.6 Å². The first-order valence-electron chi connectivity index (χ1n) is 6.48. The average molecular weight is 251 g/mol. The third-order valence-corrected chi connectivity index (χ3v) is 2.88. The molecule has 0 atom stereocenters. The van der Waals surface area contributed by atoms with Crippen LogP contribution >= 0.6 is 0 Å². The van der Waals surface area contributed by atoms with Gasteiger partial charge in [0.1, 0.15) is 0 Å².